The molecule has 29 heavy (non-hydrogen) atoms. The van der Waals surface area contributed by atoms with E-state index in [1.807, 2.05) is 28.8 Å². The van der Waals surface area contributed by atoms with E-state index >= 15 is 0 Å². The summed E-state index contributed by atoms with van der Waals surface area (Å²) < 4.78 is 70.0. The van der Waals surface area contributed by atoms with Gasteiger partial charge in [0.2, 0.25) is 10.0 Å². The molecule has 1 saturated heterocycles. The van der Waals surface area contributed by atoms with Crippen molar-refractivity contribution >= 4 is 15.7 Å². The van der Waals surface area contributed by atoms with Crippen LogP contribution in [0.3, 0.4) is 0 Å². The highest BCUT2D eigenvalue weighted by molar-refractivity contribution is 7.89. The highest BCUT2D eigenvalue weighted by Gasteiger charge is 2.34. The standard InChI is InChI=1S/C18H17F3N4O3S/c19-18(20,21)28-14-4-3-5-15(12-14)29(26,27)24-10-7-13(8-11-24)17-23-22-16-6-1-2-9-25(16)17/h1-6,9,12-13H,7-8,10-11H2. The van der Waals surface area contributed by atoms with Crippen molar-refractivity contribution in [3.05, 3.63) is 54.5 Å². The smallest absolute Gasteiger partial charge is 0.406 e. The van der Waals surface area contributed by atoms with E-state index in [-0.39, 0.29) is 23.9 Å². The largest absolute Gasteiger partial charge is 0.573 e. The number of benzene rings is 1. The van der Waals surface area contributed by atoms with Crippen LogP contribution in [0.2, 0.25) is 0 Å². The molecule has 11 heteroatoms. The van der Waals surface area contributed by atoms with Crippen molar-refractivity contribution in [2.75, 3.05) is 13.1 Å². The Balaban J connectivity index is 1.50. The molecule has 0 aliphatic carbocycles. The fourth-order valence-corrected chi connectivity index (χ4v) is 4.98. The van der Waals surface area contributed by atoms with Crippen molar-refractivity contribution in [3.8, 4) is 5.75 Å². The fraction of sp³-hybridized carbons (Fsp3) is 0.333. The molecule has 1 fully saturated rings. The molecule has 0 bridgehead atoms. The minimum absolute atomic E-state index is 0.0405. The van der Waals surface area contributed by atoms with E-state index in [0.29, 0.717) is 12.8 Å². The molecule has 7 nitrogen and oxygen atoms in total. The van der Waals surface area contributed by atoms with Gasteiger partial charge in [0.05, 0.1) is 4.90 Å². The lowest BCUT2D eigenvalue weighted by Gasteiger charge is -2.30. The van der Waals surface area contributed by atoms with E-state index in [1.54, 1.807) is 0 Å². The number of halogens is 3. The zero-order chi connectivity index (χ0) is 20.6. The topological polar surface area (TPSA) is 76.8 Å². The van der Waals surface area contributed by atoms with Gasteiger partial charge in [-0.25, -0.2) is 8.42 Å². The first kappa shape index (κ1) is 19.6. The van der Waals surface area contributed by atoms with E-state index in [1.165, 1.54) is 16.4 Å². The molecule has 0 saturated carbocycles. The molecule has 2 aromatic heterocycles. The molecule has 1 aliphatic heterocycles. The zero-order valence-electron chi connectivity index (χ0n) is 15.1. The van der Waals surface area contributed by atoms with Gasteiger partial charge in [-0.15, -0.1) is 23.4 Å². The minimum Gasteiger partial charge on any atom is -0.406 e. The maximum atomic E-state index is 12.9. The summed E-state index contributed by atoms with van der Waals surface area (Å²) in [7, 11) is -3.93. The number of pyridine rings is 1. The summed E-state index contributed by atoms with van der Waals surface area (Å²) in [5.41, 5.74) is 0.721. The van der Waals surface area contributed by atoms with Gasteiger partial charge in [-0.2, -0.15) is 4.31 Å². The lowest BCUT2D eigenvalue weighted by atomic mass is 9.97. The van der Waals surface area contributed by atoms with Crippen molar-refractivity contribution in [1.82, 2.24) is 18.9 Å². The first-order valence-corrected chi connectivity index (χ1v) is 10.3. The Kier molecular flexibility index (Phi) is 4.95. The normalized spacial score (nSPS) is 16.9. The Hall–Kier alpha value is -2.66. The molecule has 0 atom stereocenters. The van der Waals surface area contributed by atoms with Crippen molar-refractivity contribution < 1.29 is 26.3 Å². The van der Waals surface area contributed by atoms with Crippen molar-refractivity contribution in [3.63, 3.8) is 0 Å². The van der Waals surface area contributed by atoms with E-state index in [9.17, 15) is 21.6 Å². The van der Waals surface area contributed by atoms with Crippen LogP contribution in [0.5, 0.6) is 5.75 Å². The van der Waals surface area contributed by atoms with Crippen LogP contribution in [0.25, 0.3) is 5.65 Å². The van der Waals surface area contributed by atoms with E-state index in [0.717, 1.165) is 23.6 Å². The average molecular weight is 426 g/mol. The van der Waals surface area contributed by atoms with E-state index < -0.39 is 22.1 Å². The summed E-state index contributed by atoms with van der Waals surface area (Å²) in [4.78, 5) is -0.231. The SMILES string of the molecule is O=S(=O)(c1cccc(OC(F)(F)F)c1)N1CCC(c2nnc3ccccn23)CC1. The average Bonchev–Trinajstić information content (AvgIpc) is 3.11. The molecule has 1 aromatic carbocycles. The Morgan fingerprint density at radius 2 is 1.79 bits per heavy atom. The van der Waals surface area contributed by atoms with Crippen LogP contribution in [0, 0.1) is 0 Å². The zero-order valence-corrected chi connectivity index (χ0v) is 15.9. The van der Waals surface area contributed by atoms with Gasteiger partial charge in [-0.1, -0.05) is 12.1 Å². The number of hydrogen-bond acceptors (Lipinski definition) is 5. The van der Waals surface area contributed by atoms with Crippen molar-refractivity contribution in [2.24, 2.45) is 0 Å². The van der Waals surface area contributed by atoms with Gasteiger partial charge < -0.3 is 4.74 Å². The molecule has 1 aliphatic rings. The van der Waals surface area contributed by atoms with Crippen molar-refractivity contribution in [2.45, 2.75) is 30.0 Å². The van der Waals surface area contributed by atoms with Crippen LogP contribution < -0.4 is 4.74 Å². The number of ether oxygens (including phenoxy) is 1. The summed E-state index contributed by atoms with van der Waals surface area (Å²) in [6, 6.07) is 10.0. The molecule has 0 N–H and O–H groups in total. The first-order chi connectivity index (χ1) is 13.7. The van der Waals surface area contributed by atoms with Gasteiger partial charge in [0.25, 0.3) is 0 Å². The maximum Gasteiger partial charge on any atom is 0.573 e. The Morgan fingerprint density at radius 1 is 1.03 bits per heavy atom. The molecule has 0 radical (unpaired) electrons. The third-order valence-corrected chi connectivity index (χ3v) is 6.73. The molecular formula is C18H17F3N4O3S. The van der Waals surface area contributed by atoms with Crippen LogP contribution in [0.1, 0.15) is 24.6 Å². The summed E-state index contributed by atoms with van der Waals surface area (Å²) in [6.07, 6.45) is -1.96. The van der Waals surface area contributed by atoms with E-state index in [2.05, 4.69) is 14.9 Å². The molecule has 4 rings (SSSR count). The highest BCUT2D eigenvalue weighted by Crippen LogP contribution is 2.31. The molecule has 3 aromatic rings. The third kappa shape index (κ3) is 4.06. The number of alkyl halides is 3. The van der Waals surface area contributed by atoms with Gasteiger partial charge in [-0.05, 0) is 37.1 Å². The highest BCUT2D eigenvalue weighted by atomic mass is 32.2. The number of sulfonamides is 1. The lowest BCUT2D eigenvalue weighted by Crippen LogP contribution is -2.38. The molecule has 0 amide bonds. The van der Waals surface area contributed by atoms with Crippen LogP contribution in [-0.4, -0.2) is 46.8 Å². The van der Waals surface area contributed by atoms with Gasteiger partial charge >= 0.3 is 6.36 Å². The second-order valence-electron chi connectivity index (χ2n) is 6.69. The van der Waals surface area contributed by atoms with Gasteiger partial charge in [0, 0.05) is 31.3 Å². The van der Waals surface area contributed by atoms with Gasteiger partial charge in [-0.3, -0.25) is 4.40 Å². The summed E-state index contributed by atoms with van der Waals surface area (Å²) >= 11 is 0. The monoisotopic (exact) mass is 426 g/mol. The van der Waals surface area contributed by atoms with Crippen molar-refractivity contribution in [1.29, 1.82) is 0 Å². The Labute approximate surface area is 164 Å². The van der Waals surface area contributed by atoms with Crippen LogP contribution in [0.4, 0.5) is 13.2 Å². The second-order valence-corrected chi connectivity index (χ2v) is 8.63. The second kappa shape index (κ2) is 7.30. The summed E-state index contributed by atoms with van der Waals surface area (Å²) in [5.74, 6) is 0.250. The Bertz CT molecular complexity index is 1120. The Morgan fingerprint density at radius 3 is 2.52 bits per heavy atom. The first-order valence-electron chi connectivity index (χ1n) is 8.90. The minimum atomic E-state index is -4.89. The molecule has 3 heterocycles. The predicted octanol–water partition coefficient (Wildman–Crippen LogP) is 3.20. The number of hydrogen-bond donors (Lipinski definition) is 0. The molecule has 0 spiro atoms. The lowest BCUT2D eigenvalue weighted by molar-refractivity contribution is -0.274. The number of aromatic nitrogens is 3. The quantitative estimate of drug-likeness (QED) is 0.640. The number of nitrogens with zero attached hydrogens (tertiary/aromatic N) is 4. The summed E-state index contributed by atoms with van der Waals surface area (Å²) in [5, 5.41) is 8.36. The number of fused-ring (bicyclic) bond motifs is 1. The predicted molar refractivity (Wildman–Crippen MR) is 96.8 cm³/mol. The fourth-order valence-electron chi connectivity index (χ4n) is 3.47. The third-order valence-electron chi connectivity index (χ3n) is 4.84. The van der Waals surface area contributed by atoms with Crippen LogP contribution in [0.15, 0.2) is 53.6 Å². The summed E-state index contributed by atoms with van der Waals surface area (Å²) in [6.45, 7) is 0.470. The van der Waals surface area contributed by atoms with Crippen LogP contribution in [-0.2, 0) is 10.0 Å². The van der Waals surface area contributed by atoms with E-state index in [4.69, 9.17) is 0 Å². The van der Waals surface area contributed by atoms with Crippen LogP contribution >= 0.6 is 0 Å². The molecule has 0 unspecified atom stereocenters. The molecule has 154 valence electrons. The molecular weight excluding hydrogens is 409 g/mol. The van der Waals surface area contributed by atoms with Gasteiger partial charge in [0.15, 0.2) is 5.65 Å². The number of rotatable bonds is 4. The maximum absolute atomic E-state index is 12.9. The number of piperidine rings is 1. The van der Waals surface area contributed by atoms with Gasteiger partial charge in [0.1, 0.15) is 11.6 Å².